The molecule has 0 heterocycles. The third kappa shape index (κ3) is 2.02. The molecule has 0 aliphatic heterocycles. The fraction of sp³-hybridized carbons (Fsp3) is 0.417. The molecule has 1 unspecified atom stereocenters. The number of nitrogens with two attached hydrogens (primary N) is 1. The van der Waals surface area contributed by atoms with Gasteiger partial charge >= 0.3 is 0 Å². The molecule has 1 aromatic carbocycles. The quantitative estimate of drug-likeness (QED) is 0.780. The third-order valence-corrected chi connectivity index (χ3v) is 2.92. The van der Waals surface area contributed by atoms with Gasteiger partial charge in [-0.05, 0) is 26.0 Å². The summed E-state index contributed by atoms with van der Waals surface area (Å²) in [5.41, 5.74) is 6.81. The Kier molecular flexibility index (Phi) is 3.48. The number of nitrogens with one attached hydrogen (secondary N) is 1. The average Bonchev–Trinajstić information content (AvgIpc) is 2.22. The van der Waals surface area contributed by atoms with Crippen molar-refractivity contribution in [3.8, 4) is 0 Å². The first-order valence-corrected chi connectivity index (χ1v) is 5.12. The van der Waals surface area contributed by atoms with E-state index in [2.05, 4.69) is 5.32 Å². The largest absolute Gasteiger partial charge is 0.368 e. The van der Waals surface area contributed by atoms with Crippen molar-refractivity contribution >= 4 is 5.91 Å². The Labute approximate surface area is 90.7 Å². The molecule has 1 atom stereocenters. The molecule has 0 saturated carbocycles. The van der Waals surface area contributed by atoms with Crippen LogP contribution in [-0.4, -0.2) is 13.0 Å². The van der Waals surface area contributed by atoms with Crippen LogP contribution in [0.3, 0.4) is 0 Å². The van der Waals surface area contributed by atoms with E-state index in [1.807, 2.05) is 38.1 Å². The van der Waals surface area contributed by atoms with Crippen LogP contribution in [0, 0.1) is 6.92 Å². The number of rotatable bonds is 4. The minimum Gasteiger partial charge on any atom is -0.368 e. The minimum absolute atomic E-state index is 0.337. The molecule has 0 saturated heterocycles. The number of amides is 1. The van der Waals surface area contributed by atoms with Gasteiger partial charge in [0.05, 0.1) is 0 Å². The number of primary amides is 1. The lowest BCUT2D eigenvalue weighted by Crippen LogP contribution is -2.50. The van der Waals surface area contributed by atoms with Crippen LogP contribution in [0.4, 0.5) is 0 Å². The van der Waals surface area contributed by atoms with Gasteiger partial charge in [0, 0.05) is 0 Å². The van der Waals surface area contributed by atoms with Gasteiger partial charge in [-0.25, -0.2) is 0 Å². The maximum Gasteiger partial charge on any atom is 0.242 e. The summed E-state index contributed by atoms with van der Waals surface area (Å²) in [7, 11) is 1.76. The Bertz CT molecular complexity index is 339. The highest BCUT2D eigenvalue weighted by molar-refractivity contribution is 5.86. The second-order valence-electron chi connectivity index (χ2n) is 3.74. The molecule has 3 heteroatoms. The molecule has 0 aromatic heterocycles. The summed E-state index contributed by atoms with van der Waals surface area (Å²) < 4.78 is 0. The van der Waals surface area contributed by atoms with E-state index in [0.29, 0.717) is 6.42 Å². The molecular formula is C12H18N2O. The van der Waals surface area contributed by atoms with E-state index < -0.39 is 5.54 Å². The summed E-state index contributed by atoms with van der Waals surface area (Å²) in [4.78, 5) is 11.5. The predicted molar refractivity (Wildman–Crippen MR) is 61.4 cm³/mol. The normalized spacial score (nSPS) is 14.6. The van der Waals surface area contributed by atoms with E-state index in [9.17, 15) is 4.79 Å². The first-order valence-electron chi connectivity index (χ1n) is 5.12. The zero-order valence-electron chi connectivity index (χ0n) is 9.50. The number of hydrogen-bond donors (Lipinski definition) is 2. The number of aryl methyl sites for hydroxylation is 1. The van der Waals surface area contributed by atoms with Crippen LogP contribution in [0.2, 0.25) is 0 Å². The van der Waals surface area contributed by atoms with Crippen LogP contribution < -0.4 is 11.1 Å². The van der Waals surface area contributed by atoms with Crippen molar-refractivity contribution in [1.29, 1.82) is 0 Å². The lowest BCUT2D eigenvalue weighted by atomic mass is 9.86. The Hall–Kier alpha value is -1.35. The zero-order valence-corrected chi connectivity index (χ0v) is 9.50. The summed E-state index contributed by atoms with van der Waals surface area (Å²) in [6.07, 6.45) is 0.641. The molecular weight excluding hydrogens is 188 g/mol. The SMILES string of the molecule is CCC(NC)(C(N)=O)c1ccc(C)cc1. The fourth-order valence-electron chi connectivity index (χ4n) is 1.80. The van der Waals surface area contributed by atoms with Crippen molar-refractivity contribution in [2.24, 2.45) is 5.73 Å². The molecule has 1 aromatic rings. The van der Waals surface area contributed by atoms with Crippen molar-refractivity contribution in [1.82, 2.24) is 5.32 Å². The number of benzene rings is 1. The van der Waals surface area contributed by atoms with Gasteiger partial charge in [-0.15, -0.1) is 0 Å². The van der Waals surface area contributed by atoms with E-state index >= 15 is 0 Å². The van der Waals surface area contributed by atoms with E-state index in [0.717, 1.165) is 5.56 Å². The summed E-state index contributed by atoms with van der Waals surface area (Å²) in [6.45, 7) is 3.96. The fourth-order valence-corrected chi connectivity index (χ4v) is 1.80. The summed E-state index contributed by atoms with van der Waals surface area (Å²) in [5.74, 6) is -0.337. The molecule has 0 spiro atoms. The van der Waals surface area contributed by atoms with Crippen molar-refractivity contribution < 1.29 is 4.79 Å². The van der Waals surface area contributed by atoms with Gasteiger partial charge in [0.1, 0.15) is 5.54 Å². The highest BCUT2D eigenvalue weighted by atomic mass is 16.1. The number of carbonyl (C=O) groups is 1. The first-order chi connectivity index (χ1) is 7.06. The van der Waals surface area contributed by atoms with Crippen molar-refractivity contribution in [3.05, 3.63) is 35.4 Å². The zero-order chi connectivity index (χ0) is 11.5. The van der Waals surface area contributed by atoms with E-state index in [-0.39, 0.29) is 5.91 Å². The van der Waals surface area contributed by atoms with Gasteiger partial charge in [0.2, 0.25) is 5.91 Å². The lowest BCUT2D eigenvalue weighted by Gasteiger charge is -2.29. The van der Waals surface area contributed by atoms with Gasteiger partial charge in [-0.1, -0.05) is 36.8 Å². The van der Waals surface area contributed by atoms with Crippen LogP contribution >= 0.6 is 0 Å². The minimum atomic E-state index is -0.742. The standard InChI is InChI=1S/C12H18N2O/c1-4-12(14-3,11(13)15)10-7-5-9(2)6-8-10/h5-8,14H,4H2,1-3H3,(H2,13,15). The molecule has 0 aliphatic carbocycles. The first kappa shape index (κ1) is 11.7. The monoisotopic (exact) mass is 206 g/mol. The Morgan fingerprint density at radius 2 is 1.93 bits per heavy atom. The smallest absolute Gasteiger partial charge is 0.242 e. The number of likely N-dealkylation sites (N-methyl/N-ethyl adjacent to an activating group) is 1. The third-order valence-electron chi connectivity index (χ3n) is 2.92. The predicted octanol–water partition coefficient (Wildman–Crippen LogP) is 1.31. The van der Waals surface area contributed by atoms with Gasteiger partial charge in [-0.2, -0.15) is 0 Å². The lowest BCUT2D eigenvalue weighted by molar-refractivity contribution is -0.124. The second kappa shape index (κ2) is 4.45. The van der Waals surface area contributed by atoms with Crippen LogP contribution in [0.1, 0.15) is 24.5 Å². The van der Waals surface area contributed by atoms with Crippen molar-refractivity contribution in [2.45, 2.75) is 25.8 Å². The van der Waals surface area contributed by atoms with E-state index in [1.165, 1.54) is 5.56 Å². The van der Waals surface area contributed by atoms with Crippen molar-refractivity contribution in [3.63, 3.8) is 0 Å². The molecule has 0 aliphatic rings. The Balaban J connectivity index is 3.20. The maximum atomic E-state index is 11.5. The average molecular weight is 206 g/mol. The topological polar surface area (TPSA) is 55.1 Å². The van der Waals surface area contributed by atoms with Gasteiger partial charge in [0.15, 0.2) is 0 Å². The molecule has 1 amide bonds. The summed E-state index contributed by atoms with van der Waals surface area (Å²) in [6, 6.07) is 7.86. The number of carbonyl (C=O) groups excluding carboxylic acids is 1. The Morgan fingerprint density at radius 1 is 1.40 bits per heavy atom. The summed E-state index contributed by atoms with van der Waals surface area (Å²) in [5, 5.41) is 3.03. The van der Waals surface area contributed by atoms with Crippen LogP contribution in [0.5, 0.6) is 0 Å². The molecule has 3 N–H and O–H groups in total. The highest BCUT2D eigenvalue weighted by Crippen LogP contribution is 2.24. The molecule has 0 bridgehead atoms. The second-order valence-corrected chi connectivity index (χ2v) is 3.74. The van der Waals surface area contributed by atoms with Crippen LogP contribution in [0.15, 0.2) is 24.3 Å². The highest BCUT2D eigenvalue weighted by Gasteiger charge is 2.34. The van der Waals surface area contributed by atoms with Crippen LogP contribution in [0.25, 0.3) is 0 Å². The molecule has 82 valence electrons. The van der Waals surface area contributed by atoms with Gasteiger partial charge in [0.25, 0.3) is 0 Å². The number of hydrogen-bond acceptors (Lipinski definition) is 2. The van der Waals surface area contributed by atoms with Crippen molar-refractivity contribution in [2.75, 3.05) is 7.05 Å². The maximum absolute atomic E-state index is 11.5. The van der Waals surface area contributed by atoms with Gasteiger partial charge in [-0.3, -0.25) is 4.79 Å². The molecule has 0 fully saturated rings. The molecule has 15 heavy (non-hydrogen) atoms. The Morgan fingerprint density at radius 3 is 2.27 bits per heavy atom. The molecule has 1 rings (SSSR count). The summed E-state index contributed by atoms with van der Waals surface area (Å²) >= 11 is 0. The van der Waals surface area contributed by atoms with Crippen LogP contribution in [-0.2, 0) is 10.3 Å². The molecule has 3 nitrogen and oxygen atoms in total. The van der Waals surface area contributed by atoms with E-state index in [4.69, 9.17) is 5.73 Å². The van der Waals surface area contributed by atoms with E-state index in [1.54, 1.807) is 7.05 Å². The molecule has 0 radical (unpaired) electrons. The van der Waals surface area contributed by atoms with Gasteiger partial charge < -0.3 is 11.1 Å².